The largest absolute Gasteiger partial charge is 0.490 e. The number of halogens is 3. The van der Waals surface area contributed by atoms with Gasteiger partial charge in [0.05, 0.1) is 11.7 Å². The fraction of sp³-hybridized carbons (Fsp3) is 0.440. The van der Waals surface area contributed by atoms with Gasteiger partial charge in [-0.15, -0.1) is 0 Å². The van der Waals surface area contributed by atoms with Crippen molar-refractivity contribution in [3.8, 4) is 5.75 Å². The Kier molecular flexibility index (Phi) is 6.91. The highest BCUT2D eigenvalue weighted by Crippen LogP contribution is 2.30. The quantitative estimate of drug-likeness (QED) is 0.640. The van der Waals surface area contributed by atoms with Crippen molar-refractivity contribution >= 4 is 17.5 Å². The molecule has 2 amide bonds. The predicted octanol–water partition coefficient (Wildman–Crippen LogP) is 5.52. The van der Waals surface area contributed by atoms with E-state index in [1.807, 2.05) is 24.3 Å². The maximum atomic E-state index is 12.7. The van der Waals surface area contributed by atoms with Crippen LogP contribution in [0.15, 0.2) is 48.5 Å². The SMILES string of the molecule is O=C(Nc1ccc(OC2CCCC2)cc1)C1CCN(C(=O)c2ccc(C(F)(F)F)cc2)CC1. The lowest BCUT2D eigenvalue weighted by Crippen LogP contribution is -2.41. The zero-order valence-electron chi connectivity index (χ0n) is 18.2. The lowest BCUT2D eigenvalue weighted by Gasteiger charge is -2.31. The highest BCUT2D eigenvalue weighted by molar-refractivity contribution is 5.95. The average molecular weight is 460 g/mol. The van der Waals surface area contributed by atoms with E-state index in [1.54, 1.807) is 4.90 Å². The van der Waals surface area contributed by atoms with Crippen LogP contribution in [0.5, 0.6) is 5.75 Å². The van der Waals surface area contributed by atoms with Gasteiger partial charge in [0.15, 0.2) is 0 Å². The van der Waals surface area contributed by atoms with Gasteiger partial charge in [-0.1, -0.05) is 0 Å². The van der Waals surface area contributed by atoms with E-state index in [-0.39, 0.29) is 29.4 Å². The maximum absolute atomic E-state index is 12.7. The lowest BCUT2D eigenvalue weighted by molar-refractivity contribution is -0.137. The molecule has 1 saturated heterocycles. The Morgan fingerprint density at radius 3 is 2.06 bits per heavy atom. The van der Waals surface area contributed by atoms with E-state index >= 15 is 0 Å². The van der Waals surface area contributed by atoms with E-state index in [4.69, 9.17) is 4.74 Å². The molecule has 0 aromatic heterocycles. The van der Waals surface area contributed by atoms with Crippen molar-refractivity contribution in [3.05, 3.63) is 59.7 Å². The second-order valence-electron chi connectivity index (χ2n) is 8.68. The van der Waals surface area contributed by atoms with Crippen molar-refractivity contribution in [2.75, 3.05) is 18.4 Å². The zero-order valence-corrected chi connectivity index (χ0v) is 18.2. The first-order valence-electron chi connectivity index (χ1n) is 11.3. The number of piperidine rings is 1. The van der Waals surface area contributed by atoms with Gasteiger partial charge in [-0.2, -0.15) is 13.2 Å². The van der Waals surface area contributed by atoms with Crippen molar-refractivity contribution in [2.45, 2.75) is 50.8 Å². The molecule has 4 rings (SSSR count). The Hall–Kier alpha value is -3.03. The predicted molar refractivity (Wildman–Crippen MR) is 118 cm³/mol. The molecular weight excluding hydrogens is 433 g/mol. The molecule has 1 heterocycles. The second-order valence-corrected chi connectivity index (χ2v) is 8.68. The van der Waals surface area contributed by atoms with E-state index < -0.39 is 11.7 Å². The summed E-state index contributed by atoms with van der Waals surface area (Å²) in [5, 5.41) is 2.92. The van der Waals surface area contributed by atoms with Gasteiger partial charge in [-0.25, -0.2) is 0 Å². The summed E-state index contributed by atoms with van der Waals surface area (Å²) < 4.78 is 44.1. The summed E-state index contributed by atoms with van der Waals surface area (Å²) in [6.45, 7) is 0.762. The summed E-state index contributed by atoms with van der Waals surface area (Å²) >= 11 is 0. The number of rotatable bonds is 5. The molecule has 0 atom stereocenters. The number of anilines is 1. The minimum Gasteiger partial charge on any atom is -0.490 e. The number of hydrogen-bond acceptors (Lipinski definition) is 3. The molecule has 176 valence electrons. The molecule has 0 bridgehead atoms. The second kappa shape index (κ2) is 9.85. The van der Waals surface area contributed by atoms with Gasteiger partial charge in [0, 0.05) is 30.3 Å². The van der Waals surface area contributed by atoms with Crippen LogP contribution in [-0.4, -0.2) is 35.9 Å². The van der Waals surface area contributed by atoms with Gasteiger partial charge in [-0.3, -0.25) is 9.59 Å². The maximum Gasteiger partial charge on any atom is 0.416 e. The van der Waals surface area contributed by atoms with E-state index in [0.29, 0.717) is 31.6 Å². The van der Waals surface area contributed by atoms with Crippen molar-refractivity contribution in [1.29, 1.82) is 0 Å². The number of likely N-dealkylation sites (tertiary alicyclic amines) is 1. The molecule has 0 unspecified atom stereocenters. The van der Waals surface area contributed by atoms with Crippen LogP contribution >= 0.6 is 0 Å². The van der Waals surface area contributed by atoms with Gasteiger partial charge in [0.25, 0.3) is 5.91 Å². The van der Waals surface area contributed by atoms with Crippen molar-refractivity contribution in [1.82, 2.24) is 4.90 Å². The Morgan fingerprint density at radius 1 is 0.879 bits per heavy atom. The first kappa shape index (κ1) is 23.1. The van der Waals surface area contributed by atoms with Gasteiger partial charge in [0.1, 0.15) is 5.75 Å². The van der Waals surface area contributed by atoms with Crippen molar-refractivity contribution in [3.63, 3.8) is 0 Å². The van der Waals surface area contributed by atoms with E-state index in [2.05, 4.69) is 5.32 Å². The molecule has 1 aliphatic heterocycles. The van der Waals surface area contributed by atoms with Crippen LogP contribution in [0.25, 0.3) is 0 Å². The summed E-state index contributed by atoms with van der Waals surface area (Å²) in [7, 11) is 0. The molecule has 1 N–H and O–H groups in total. The smallest absolute Gasteiger partial charge is 0.416 e. The Bertz CT molecular complexity index is 960. The van der Waals surface area contributed by atoms with Crippen LogP contribution in [0.3, 0.4) is 0 Å². The number of benzene rings is 2. The molecule has 2 aromatic rings. The summed E-state index contributed by atoms with van der Waals surface area (Å²) in [5.74, 6) is 0.160. The van der Waals surface area contributed by atoms with Crippen LogP contribution in [0.2, 0.25) is 0 Å². The lowest BCUT2D eigenvalue weighted by atomic mass is 9.95. The summed E-state index contributed by atoms with van der Waals surface area (Å²) in [5.41, 5.74) is 0.125. The van der Waals surface area contributed by atoms with Crippen LogP contribution in [0.1, 0.15) is 54.4 Å². The van der Waals surface area contributed by atoms with Crippen LogP contribution in [-0.2, 0) is 11.0 Å². The van der Waals surface area contributed by atoms with Gasteiger partial charge in [-0.05, 0) is 87.1 Å². The average Bonchev–Trinajstić information content (AvgIpc) is 3.32. The Balaban J connectivity index is 1.26. The molecule has 2 aromatic carbocycles. The molecule has 8 heteroatoms. The first-order chi connectivity index (χ1) is 15.8. The zero-order chi connectivity index (χ0) is 23.4. The standard InChI is InChI=1S/C25H27F3N2O3/c26-25(27,28)19-7-5-18(6-8-19)24(32)30-15-13-17(14-16-30)23(31)29-20-9-11-22(12-10-20)33-21-3-1-2-4-21/h5-12,17,21H,1-4,13-16H2,(H,29,31). The van der Waals surface area contributed by atoms with Gasteiger partial charge < -0.3 is 15.0 Å². The normalized spacial score (nSPS) is 17.7. The molecule has 5 nitrogen and oxygen atoms in total. The number of nitrogens with one attached hydrogen (secondary N) is 1. The fourth-order valence-corrected chi connectivity index (χ4v) is 4.39. The van der Waals surface area contributed by atoms with Crippen LogP contribution in [0.4, 0.5) is 18.9 Å². The molecular formula is C25H27F3N2O3. The highest BCUT2D eigenvalue weighted by Gasteiger charge is 2.31. The fourth-order valence-electron chi connectivity index (χ4n) is 4.39. The minimum absolute atomic E-state index is 0.0962. The topological polar surface area (TPSA) is 58.6 Å². The van der Waals surface area contributed by atoms with E-state index in [1.165, 1.54) is 25.0 Å². The number of carbonyl (C=O) groups is 2. The summed E-state index contributed by atoms with van der Waals surface area (Å²) in [4.78, 5) is 26.9. The molecule has 2 fully saturated rings. The molecule has 1 aliphatic carbocycles. The monoisotopic (exact) mass is 460 g/mol. The number of carbonyl (C=O) groups excluding carboxylic acids is 2. The van der Waals surface area contributed by atoms with Crippen molar-refractivity contribution < 1.29 is 27.5 Å². The Morgan fingerprint density at radius 2 is 1.48 bits per heavy atom. The van der Waals surface area contributed by atoms with Crippen LogP contribution in [0, 0.1) is 5.92 Å². The third-order valence-electron chi connectivity index (χ3n) is 6.34. The molecule has 0 radical (unpaired) electrons. The van der Waals surface area contributed by atoms with Gasteiger partial charge in [0.2, 0.25) is 5.91 Å². The molecule has 33 heavy (non-hydrogen) atoms. The number of nitrogens with zero attached hydrogens (tertiary/aromatic N) is 1. The van der Waals surface area contributed by atoms with Crippen molar-refractivity contribution in [2.24, 2.45) is 5.92 Å². The molecule has 0 spiro atoms. The summed E-state index contributed by atoms with van der Waals surface area (Å²) in [6.07, 6.45) is 1.41. The molecule has 2 aliphatic rings. The molecule has 1 saturated carbocycles. The van der Waals surface area contributed by atoms with E-state index in [9.17, 15) is 22.8 Å². The number of hydrogen-bond donors (Lipinski definition) is 1. The summed E-state index contributed by atoms with van der Waals surface area (Å²) in [6, 6.07) is 11.6. The Labute approximate surface area is 190 Å². The third-order valence-corrected chi connectivity index (χ3v) is 6.34. The van der Waals surface area contributed by atoms with Crippen LogP contribution < -0.4 is 10.1 Å². The number of amides is 2. The number of ether oxygens (including phenoxy) is 1. The first-order valence-corrected chi connectivity index (χ1v) is 11.3. The number of alkyl halides is 3. The van der Waals surface area contributed by atoms with E-state index in [0.717, 1.165) is 30.7 Å². The minimum atomic E-state index is -4.43. The highest BCUT2D eigenvalue weighted by atomic mass is 19.4. The van der Waals surface area contributed by atoms with Gasteiger partial charge >= 0.3 is 6.18 Å². The third kappa shape index (κ3) is 5.86.